The van der Waals surface area contributed by atoms with E-state index >= 15 is 0 Å². The van der Waals surface area contributed by atoms with E-state index in [2.05, 4.69) is 9.97 Å². The molecule has 1 aromatic heterocycles. The van der Waals surface area contributed by atoms with Crippen LogP contribution in [0.25, 0.3) is 0 Å². The van der Waals surface area contributed by atoms with Gasteiger partial charge in [-0.1, -0.05) is 32.4 Å². The standard InChI is InChI=1S/C18H22ClN3OS/c1-5-22(16(23)18(2,3)4)17-20-10-13(11-21-17)12-24-15-8-6-14(19)7-9-15/h6-11H,5,12H2,1-4H3. The van der Waals surface area contributed by atoms with Crippen LogP contribution in [0.5, 0.6) is 0 Å². The highest BCUT2D eigenvalue weighted by atomic mass is 35.5. The van der Waals surface area contributed by atoms with Crippen LogP contribution in [0.15, 0.2) is 41.6 Å². The number of halogens is 1. The Bertz CT molecular complexity index is 681. The van der Waals surface area contributed by atoms with Crippen LogP contribution in [0.4, 0.5) is 5.95 Å². The number of carbonyl (C=O) groups is 1. The molecule has 1 amide bonds. The van der Waals surface area contributed by atoms with Gasteiger partial charge in [-0.25, -0.2) is 9.97 Å². The molecule has 128 valence electrons. The molecule has 0 radical (unpaired) electrons. The van der Waals surface area contributed by atoms with Crippen molar-refractivity contribution < 1.29 is 4.79 Å². The van der Waals surface area contributed by atoms with E-state index in [0.29, 0.717) is 12.5 Å². The molecule has 1 aromatic carbocycles. The first-order chi connectivity index (χ1) is 11.3. The zero-order chi connectivity index (χ0) is 17.7. The molecule has 1 heterocycles. The summed E-state index contributed by atoms with van der Waals surface area (Å²) in [6, 6.07) is 7.73. The van der Waals surface area contributed by atoms with Crippen molar-refractivity contribution in [3.05, 3.63) is 47.2 Å². The molecule has 2 aromatic rings. The third-order valence-electron chi connectivity index (χ3n) is 3.36. The van der Waals surface area contributed by atoms with Gasteiger partial charge < -0.3 is 0 Å². The van der Waals surface area contributed by atoms with Crippen molar-refractivity contribution in [1.82, 2.24) is 9.97 Å². The lowest BCUT2D eigenvalue weighted by molar-refractivity contribution is -0.125. The summed E-state index contributed by atoms with van der Waals surface area (Å²) in [7, 11) is 0. The third-order valence-corrected chi connectivity index (χ3v) is 4.69. The van der Waals surface area contributed by atoms with Gasteiger partial charge in [0.1, 0.15) is 0 Å². The van der Waals surface area contributed by atoms with E-state index in [1.165, 1.54) is 0 Å². The lowest BCUT2D eigenvalue weighted by atomic mass is 9.95. The van der Waals surface area contributed by atoms with Gasteiger partial charge in [0, 0.05) is 40.0 Å². The fourth-order valence-corrected chi connectivity index (χ4v) is 2.98. The van der Waals surface area contributed by atoms with Crippen LogP contribution in [0, 0.1) is 5.41 Å². The highest BCUT2D eigenvalue weighted by molar-refractivity contribution is 7.98. The molecule has 0 aliphatic rings. The predicted molar refractivity (Wildman–Crippen MR) is 101 cm³/mol. The van der Waals surface area contributed by atoms with Crippen LogP contribution in [-0.4, -0.2) is 22.4 Å². The molecule has 0 atom stereocenters. The van der Waals surface area contributed by atoms with E-state index in [9.17, 15) is 4.79 Å². The van der Waals surface area contributed by atoms with Gasteiger partial charge in [-0.05, 0) is 36.8 Å². The number of hydrogen-bond acceptors (Lipinski definition) is 4. The minimum Gasteiger partial charge on any atom is -0.281 e. The second-order valence-electron chi connectivity index (χ2n) is 6.43. The number of anilines is 1. The molecule has 0 bridgehead atoms. The Morgan fingerprint density at radius 2 is 1.75 bits per heavy atom. The number of rotatable bonds is 5. The average molecular weight is 364 g/mol. The van der Waals surface area contributed by atoms with E-state index in [4.69, 9.17) is 11.6 Å². The Balaban J connectivity index is 2.04. The summed E-state index contributed by atoms with van der Waals surface area (Å²) in [6.45, 7) is 8.17. The minimum atomic E-state index is -0.456. The Labute approximate surface area is 152 Å². The molecule has 0 N–H and O–H groups in total. The van der Waals surface area contributed by atoms with Crippen LogP contribution in [0.2, 0.25) is 5.02 Å². The van der Waals surface area contributed by atoms with Crippen molar-refractivity contribution in [3.8, 4) is 0 Å². The highest BCUT2D eigenvalue weighted by Gasteiger charge is 2.28. The Kier molecular flexibility index (Phi) is 6.24. The maximum Gasteiger partial charge on any atom is 0.234 e. The van der Waals surface area contributed by atoms with Crippen molar-refractivity contribution in [2.45, 2.75) is 38.3 Å². The van der Waals surface area contributed by atoms with Crippen LogP contribution in [0.1, 0.15) is 33.3 Å². The Morgan fingerprint density at radius 3 is 2.25 bits per heavy atom. The lowest BCUT2D eigenvalue weighted by Gasteiger charge is -2.26. The summed E-state index contributed by atoms with van der Waals surface area (Å²) in [4.78, 5) is 24.0. The molecular formula is C18H22ClN3OS. The van der Waals surface area contributed by atoms with Gasteiger partial charge in [0.2, 0.25) is 11.9 Å². The second kappa shape index (κ2) is 7.99. The first kappa shape index (κ1) is 18.7. The van der Waals surface area contributed by atoms with Gasteiger partial charge in [0.15, 0.2) is 0 Å². The normalized spacial score (nSPS) is 11.4. The largest absolute Gasteiger partial charge is 0.281 e. The number of benzene rings is 1. The van der Waals surface area contributed by atoms with E-state index in [0.717, 1.165) is 21.2 Å². The first-order valence-electron chi connectivity index (χ1n) is 7.82. The fourth-order valence-electron chi connectivity index (χ4n) is 2.04. The van der Waals surface area contributed by atoms with Crippen LogP contribution in [0.3, 0.4) is 0 Å². The van der Waals surface area contributed by atoms with Gasteiger partial charge in [-0.2, -0.15) is 0 Å². The summed E-state index contributed by atoms with van der Waals surface area (Å²) >= 11 is 7.58. The molecule has 0 unspecified atom stereocenters. The molecule has 0 saturated heterocycles. The summed E-state index contributed by atoms with van der Waals surface area (Å²) in [5.74, 6) is 1.24. The molecule has 2 rings (SSSR count). The van der Waals surface area contributed by atoms with E-state index in [-0.39, 0.29) is 5.91 Å². The first-order valence-corrected chi connectivity index (χ1v) is 9.19. The monoisotopic (exact) mass is 363 g/mol. The highest BCUT2D eigenvalue weighted by Crippen LogP contribution is 2.25. The summed E-state index contributed by atoms with van der Waals surface area (Å²) in [5.41, 5.74) is 0.556. The SMILES string of the molecule is CCN(C(=O)C(C)(C)C)c1ncc(CSc2ccc(Cl)cc2)cn1. The molecule has 24 heavy (non-hydrogen) atoms. The van der Waals surface area contributed by atoms with Gasteiger partial charge in [0.05, 0.1) is 0 Å². The smallest absolute Gasteiger partial charge is 0.234 e. The molecule has 0 aliphatic carbocycles. The number of thioether (sulfide) groups is 1. The van der Waals surface area contributed by atoms with Crippen LogP contribution in [-0.2, 0) is 10.5 Å². The molecule has 0 fully saturated rings. The zero-order valence-electron chi connectivity index (χ0n) is 14.4. The van der Waals surface area contributed by atoms with E-state index in [1.54, 1.807) is 29.1 Å². The Morgan fingerprint density at radius 1 is 1.17 bits per heavy atom. The number of nitrogens with zero attached hydrogens (tertiary/aromatic N) is 3. The van der Waals surface area contributed by atoms with Crippen molar-refractivity contribution >= 4 is 35.2 Å². The van der Waals surface area contributed by atoms with Crippen molar-refractivity contribution in [2.24, 2.45) is 5.41 Å². The number of carbonyl (C=O) groups excluding carboxylic acids is 1. The van der Waals surface area contributed by atoms with Crippen molar-refractivity contribution in [2.75, 3.05) is 11.4 Å². The van der Waals surface area contributed by atoms with Gasteiger partial charge in [-0.15, -0.1) is 11.8 Å². The minimum absolute atomic E-state index is 0.0216. The average Bonchev–Trinajstić information content (AvgIpc) is 2.55. The summed E-state index contributed by atoms with van der Waals surface area (Å²) in [5, 5.41) is 0.732. The molecule has 0 saturated carbocycles. The van der Waals surface area contributed by atoms with Crippen molar-refractivity contribution in [3.63, 3.8) is 0 Å². The second-order valence-corrected chi connectivity index (χ2v) is 7.92. The fraction of sp³-hybridized carbons (Fsp3) is 0.389. The van der Waals surface area contributed by atoms with Gasteiger partial charge in [0.25, 0.3) is 0 Å². The van der Waals surface area contributed by atoms with Gasteiger partial charge >= 0.3 is 0 Å². The molecule has 4 nitrogen and oxygen atoms in total. The molecular weight excluding hydrogens is 342 g/mol. The van der Waals surface area contributed by atoms with E-state index < -0.39 is 5.41 Å². The molecule has 6 heteroatoms. The van der Waals surface area contributed by atoms with Gasteiger partial charge in [-0.3, -0.25) is 9.69 Å². The summed E-state index contributed by atoms with van der Waals surface area (Å²) < 4.78 is 0. The quantitative estimate of drug-likeness (QED) is 0.714. The number of hydrogen-bond donors (Lipinski definition) is 0. The zero-order valence-corrected chi connectivity index (χ0v) is 16.0. The topological polar surface area (TPSA) is 46.1 Å². The maximum absolute atomic E-state index is 12.5. The van der Waals surface area contributed by atoms with Crippen LogP contribution < -0.4 is 4.90 Å². The molecule has 0 spiro atoms. The third kappa shape index (κ3) is 4.95. The lowest BCUT2D eigenvalue weighted by Crippen LogP contribution is -2.40. The molecule has 0 aliphatic heterocycles. The Hall–Kier alpha value is -1.59. The van der Waals surface area contributed by atoms with Crippen molar-refractivity contribution in [1.29, 1.82) is 0 Å². The van der Waals surface area contributed by atoms with Crippen LogP contribution >= 0.6 is 23.4 Å². The predicted octanol–water partition coefficient (Wildman–Crippen LogP) is 4.82. The maximum atomic E-state index is 12.5. The summed E-state index contributed by atoms with van der Waals surface area (Å²) in [6.07, 6.45) is 3.56. The van der Waals surface area contributed by atoms with E-state index in [1.807, 2.05) is 52.0 Å². The number of aromatic nitrogens is 2. The number of amides is 1.